The van der Waals surface area contributed by atoms with E-state index in [9.17, 15) is 9.59 Å². The monoisotopic (exact) mass is 474 g/mol. The maximum Gasteiger partial charge on any atom is 0.255 e. The zero-order valence-electron chi connectivity index (χ0n) is 19.4. The van der Waals surface area contributed by atoms with Crippen LogP contribution < -0.4 is 30.0 Å². The molecule has 1 fully saturated rings. The first-order valence-electron chi connectivity index (χ1n) is 11.8. The highest BCUT2D eigenvalue weighted by atomic mass is 16.6. The minimum Gasteiger partial charge on any atom is -0.493 e. The fourth-order valence-electron chi connectivity index (χ4n) is 5.34. The van der Waals surface area contributed by atoms with E-state index in [0.29, 0.717) is 53.5 Å². The predicted molar refractivity (Wildman–Crippen MR) is 130 cm³/mol. The Labute approximate surface area is 202 Å². The first-order valence-corrected chi connectivity index (χ1v) is 11.8. The molecule has 180 valence electrons. The van der Waals surface area contributed by atoms with Gasteiger partial charge in [-0.3, -0.25) is 9.59 Å². The molecule has 5 heterocycles. The van der Waals surface area contributed by atoms with Gasteiger partial charge in [-0.05, 0) is 42.7 Å². The van der Waals surface area contributed by atoms with Crippen LogP contribution in [0.25, 0.3) is 0 Å². The number of nitrogens with one attached hydrogen (secondary N) is 1. The average Bonchev–Trinajstić information content (AvgIpc) is 2.89. The normalized spacial score (nSPS) is 20.1. The number of hydrogen-bond donors (Lipinski definition) is 1. The molecular formula is C26H26N4O5. The number of anilines is 2. The van der Waals surface area contributed by atoms with Crippen molar-refractivity contribution < 1.29 is 19.0 Å². The van der Waals surface area contributed by atoms with Crippen molar-refractivity contribution in [3.05, 3.63) is 70.3 Å². The van der Waals surface area contributed by atoms with E-state index in [2.05, 4.69) is 21.3 Å². The molecule has 0 spiro atoms. The molecule has 9 heteroatoms. The number of rotatable bonds is 4. The van der Waals surface area contributed by atoms with Crippen molar-refractivity contribution in [2.24, 2.45) is 5.92 Å². The Morgan fingerprint density at radius 3 is 2.83 bits per heavy atom. The number of methoxy groups -OCH3 is 1. The molecule has 2 unspecified atom stereocenters. The molecular weight excluding hydrogens is 448 g/mol. The van der Waals surface area contributed by atoms with Crippen LogP contribution in [0.3, 0.4) is 0 Å². The van der Waals surface area contributed by atoms with Gasteiger partial charge < -0.3 is 29.0 Å². The molecule has 3 aliphatic heterocycles. The number of piperidine rings is 1. The van der Waals surface area contributed by atoms with E-state index in [1.165, 1.54) is 7.11 Å². The molecule has 3 aliphatic rings. The Kier molecular flexibility index (Phi) is 5.32. The molecule has 1 aromatic carbocycles. The molecule has 6 rings (SSSR count). The lowest BCUT2D eigenvalue weighted by molar-refractivity contribution is 0.102. The second kappa shape index (κ2) is 8.65. The Bertz CT molecular complexity index is 1320. The zero-order valence-corrected chi connectivity index (χ0v) is 19.4. The highest BCUT2D eigenvalue weighted by Gasteiger charge is 2.35. The van der Waals surface area contributed by atoms with E-state index in [-0.39, 0.29) is 11.5 Å². The zero-order chi connectivity index (χ0) is 23.9. The summed E-state index contributed by atoms with van der Waals surface area (Å²) in [5, 5.41) is 2.90. The molecule has 1 N–H and O–H groups in total. The Balaban J connectivity index is 1.17. The maximum absolute atomic E-state index is 12.9. The number of hydrogen-bond acceptors (Lipinski definition) is 7. The highest BCUT2D eigenvalue weighted by Crippen LogP contribution is 2.40. The number of carbonyl (C=O) groups is 1. The van der Waals surface area contributed by atoms with Crippen molar-refractivity contribution in [2.45, 2.75) is 18.9 Å². The second-order valence-electron chi connectivity index (χ2n) is 9.17. The maximum atomic E-state index is 12.9. The quantitative estimate of drug-likeness (QED) is 0.621. The van der Waals surface area contributed by atoms with Crippen molar-refractivity contribution in [3.63, 3.8) is 0 Å². The van der Waals surface area contributed by atoms with E-state index < -0.39 is 0 Å². The standard InChI is InChI=1S/C26H26N4O5/c1-33-21-10-17(11-22-25(21)35-8-7-34-22)26(32)28-19-5-6-23(27-12-19)29-13-16-9-18(15-29)20-3-2-4-24(31)30(20)14-16/h2-6,10-12,16,18H,7-9,13-15H2,1H3,(H,28,32). The lowest BCUT2D eigenvalue weighted by Crippen LogP contribution is -2.47. The number of aromatic nitrogens is 2. The molecule has 2 aromatic heterocycles. The molecule has 35 heavy (non-hydrogen) atoms. The predicted octanol–water partition coefficient (Wildman–Crippen LogP) is 2.90. The molecule has 9 nitrogen and oxygen atoms in total. The van der Waals surface area contributed by atoms with Gasteiger partial charge in [-0.25, -0.2) is 4.98 Å². The Morgan fingerprint density at radius 2 is 2.00 bits per heavy atom. The fraction of sp³-hybridized carbons (Fsp3) is 0.346. The van der Waals surface area contributed by atoms with E-state index >= 15 is 0 Å². The van der Waals surface area contributed by atoms with Crippen molar-refractivity contribution in [3.8, 4) is 17.2 Å². The molecule has 0 saturated carbocycles. The third-order valence-electron chi connectivity index (χ3n) is 6.90. The van der Waals surface area contributed by atoms with Gasteiger partial charge in [0.25, 0.3) is 11.5 Å². The summed E-state index contributed by atoms with van der Waals surface area (Å²) >= 11 is 0. The minimum atomic E-state index is -0.288. The van der Waals surface area contributed by atoms with Crippen LogP contribution in [0.5, 0.6) is 17.2 Å². The van der Waals surface area contributed by atoms with E-state index in [4.69, 9.17) is 14.2 Å². The number of ether oxygens (including phenoxy) is 3. The number of amides is 1. The number of pyridine rings is 2. The number of fused-ring (bicyclic) bond motifs is 5. The largest absolute Gasteiger partial charge is 0.493 e. The number of nitrogens with zero attached hydrogens (tertiary/aromatic N) is 3. The van der Waals surface area contributed by atoms with Crippen LogP contribution in [0, 0.1) is 5.92 Å². The van der Waals surface area contributed by atoms with Crippen LogP contribution in [0.4, 0.5) is 11.5 Å². The SMILES string of the molecule is COc1cc(C(=O)Nc2ccc(N3CC4CC(C3)c3cccc(=O)n3C4)nc2)cc2c1OCCO2. The van der Waals surface area contributed by atoms with Gasteiger partial charge in [0.1, 0.15) is 19.0 Å². The number of benzene rings is 1. The fourth-order valence-corrected chi connectivity index (χ4v) is 5.34. The van der Waals surface area contributed by atoms with Gasteiger partial charge in [0, 0.05) is 42.9 Å². The van der Waals surface area contributed by atoms with Crippen molar-refractivity contribution in [2.75, 3.05) is 43.6 Å². The van der Waals surface area contributed by atoms with Gasteiger partial charge >= 0.3 is 0 Å². The van der Waals surface area contributed by atoms with Gasteiger partial charge in [-0.15, -0.1) is 0 Å². The summed E-state index contributed by atoms with van der Waals surface area (Å²) in [4.78, 5) is 32.1. The molecule has 0 radical (unpaired) electrons. The lowest BCUT2D eigenvalue weighted by Gasteiger charge is -2.43. The summed E-state index contributed by atoms with van der Waals surface area (Å²) in [5.41, 5.74) is 2.20. The molecule has 0 aliphatic carbocycles. The van der Waals surface area contributed by atoms with Crippen LogP contribution in [-0.2, 0) is 6.54 Å². The summed E-state index contributed by atoms with van der Waals surface area (Å²) < 4.78 is 18.5. The summed E-state index contributed by atoms with van der Waals surface area (Å²) in [6.45, 7) is 3.28. The molecule has 1 amide bonds. The van der Waals surface area contributed by atoms with Crippen molar-refractivity contribution in [1.29, 1.82) is 0 Å². The van der Waals surface area contributed by atoms with Crippen LogP contribution >= 0.6 is 0 Å². The van der Waals surface area contributed by atoms with Gasteiger partial charge in [0.2, 0.25) is 5.75 Å². The molecule has 1 saturated heterocycles. The Hall–Kier alpha value is -4.01. The first kappa shape index (κ1) is 21.5. The molecule has 3 aromatic rings. The van der Waals surface area contributed by atoms with Gasteiger partial charge in [0.15, 0.2) is 11.5 Å². The van der Waals surface area contributed by atoms with Crippen LogP contribution in [0.1, 0.15) is 28.4 Å². The smallest absolute Gasteiger partial charge is 0.255 e. The summed E-state index contributed by atoms with van der Waals surface area (Å²) in [7, 11) is 1.53. The van der Waals surface area contributed by atoms with Crippen LogP contribution in [0.15, 0.2) is 53.5 Å². The van der Waals surface area contributed by atoms with Crippen molar-refractivity contribution >= 4 is 17.4 Å². The second-order valence-corrected chi connectivity index (χ2v) is 9.17. The molecule has 2 bridgehead atoms. The van der Waals surface area contributed by atoms with Crippen LogP contribution in [-0.4, -0.2) is 48.9 Å². The van der Waals surface area contributed by atoms with Gasteiger partial charge in [-0.2, -0.15) is 0 Å². The topological polar surface area (TPSA) is 94.9 Å². The first-order chi connectivity index (χ1) is 17.1. The van der Waals surface area contributed by atoms with E-state index in [1.54, 1.807) is 24.4 Å². The van der Waals surface area contributed by atoms with E-state index in [1.807, 2.05) is 22.8 Å². The lowest BCUT2D eigenvalue weighted by atomic mass is 9.83. The molecule has 2 atom stereocenters. The summed E-state index contributed by atoms with van der Waals surface area (Å²) in [5.74, 6) is 2.76. The average molecular weight is 475 g/mol. The van der Waals surface area contributed by atoms with Gasteiger partial charge in [0.05, 0.1) is 19.0 Å². The number of carbonyl (C=O) groups excluding carboxylic acids is 1. The third kappa shape index (κ3) is 3.96. The van der Waals surface area contributed by atoms with Gasteiger partial charge in [-0.1, -0.05) is 6.07 Å². The third-order valence-corrected chi connectivity index (χ3v) is 6.90. The summed E-state index contributed by atoms with van der Waals surface area (Å²) in [6, 6.07) is 12.6. The van der Waals surface area contributed by atoms with E-state index in [0.717, 1.165) is 37.6 Å². The minimum absolute atomic E-state index is 0.0829. The highest BCUT2D eigenvalue weighted by molar-refractivity contribution is 6.05. The summed E-state index contributed by atoms with van der Waals surface area (Å²) in [6.07, 6.45) is 2.76. The Morgan fingerprint density at radius 1 is 1.11 bits per heavy atom. The van der Waals surface area contributed by atoms with Crippen molar-refractivity contribution in [1.82, 2.24) is 9.55 Å². The van der Waals surface area contributed by atoms with Crippen LogP contribution in [0.2, 0.25) is 0 Å².